The van der Waals surface area contributed by atoms with E-state index in [2.05, 4.69) is 125 Å². The Hall–Kier alpha value is -10.3. The number of hydrogen-bond donors (Lipinski definition) is 4. The van der Waals surface area contributed by atoms with Crippen LogP contribution in [0.5, 0.6) is 17.6 Å². The molecule has 7 aromatic carbocycles. The van der Waals surface area contributed by atoms with E-state index in [4.69, 9.17) is 80.5 Å². The maximum atomic E-state index is 13.4. The summed E-state index contributed by atoms with van der Waals surface area (Å²) >= 11 is 22.3. The third-order valence-electron chi connectivity index (χ3n) is 23.1. The molecule has 7 aromatic heterocycles. The molecule has 139 heavy (non-hydrogen) atoms. The molecule has 39 heteroatoms. The molecule has 0 radical (unpaired) electrons. The molecule has 3 aliphatic rings. The van der Waals surface area contributed by atoms with Crippen molar-refractivity contribution in [3.05, 3.63) is 252 Å². The molecular formula is C100H122BBr2Cl3F2N17O11S3-. The molecular weight excluding hydrogens is 2030 g/mol. The second-order valence-corrected chi connectivity index (χ2v) is 41.7. The van der Waals surface area contributed by atoms with Gasteiger partial charge in [-0.2, -0.15) is 13.8 Å². The number of hydrogen-bond acceptors (Lipinski definition) is 28. The van der Waals surface area contributed by atoms with Gasteiger partial charge in [0.05, 0.1) is 102 Å². The number of sulfone groups is 2. The van der Waals surface area contributed by atoms with Crippen LogP contribution < -0.4 is 42.2 Å². The number of methoxy groups -OCH3 is 3. The Labute approximate surface area is 849 Å². The standard InChI is InChI=1S/C30H34ClN5O3S.C22H17ClFN3O3S.C12H19BN2O3.C9H6BrFN2.C9H8BrN3.C8H18N2.C6H5ClO2S.4CH4/c1-19-15-20(16-21-17-32-30(35-28(19)21)34-22-9-12-24(13-10-22)36(2)3)25-14-11-23(33-29(25)39-4)18-40(37,38)27-8-6-5-7-26(27)31;1-13-9-14(10-15-11-25-22(24)27-20(13)15)17-8-7-16(26-21(17)30-2)12-31(28,29)19-6-4-3-5-18(19)23;1-11(2)12(3,4)18-13(17-11)8-6-7-9(14)15-10(8)16-5;2*1-5-2-7(10)3-6-4-12-9(11)13-8(5)6;1-10(2)8-5-3-7(9)4-6-8;7-5-3-1-2-4-6(5)10(8)9;;;;/h5-8,11,14-17,22,24H,9-10,12-13,18H2,1-4H3,(H,32,34,35);3-11H,12H2,1-2H3;6-7H,1-5H3,(H2,14,15);2-4H,1H3;2-4H,1H3,(H2,11,12,13);7-8H,3-6,9H2,1-2H3;1-4H,(H,8,9);4*1H4/p-1. The Morgan fingerprint density at radius 2 is 0.885 bits per heavy atom. The third kappa shape index (κ3) is 30.6. The summed E-state index contributed by atoms with van der Waals surface area (Å²) in [6, 6.07) is 47.2. The Bertz CT molecular complexity index is 6740. The summed E-state index contributed by atoms with van der Waals surface area (Å²) < 4.78 is 128. The van der Waals surface area contributed by atoms with Gasteiger partial charge in [0.2, 0.25) is 29.5 Å². The molecule has 1 atom stereocenters. The number of benzene rings is 7. The first-order valence-corrected chi connectivity index (χ1v) is 49.9. The predicted molar refractivity (Wildman–Crippen MR) is 565 cm³/mol. The van der Waals surface area contributed by atoms with Gasteiger partial charge in [0.1, 0.15) is 5.82 Å². The van der Waals surface area contributed by atoms with Crippen molar-refractivity contribution in [2.45, 2.75) is 198 Å². The number of fused-ring (bicyclic) bond motifs is 4. The summed E-state index contributed by atoms with van der Waals surface area (Å²) in [6.45, 7) is 15.7. The summed E-state index contributed by atoms with van der Waals surface area (Å²) in [5.74, 6) is 1.83. The zero-order chi connectivity index (χ0) is 98.1. The predicted octanol–water partition coefficient (Wildman–Crippen LogP) is 21.7. The molecule has 1 saturated heterocycles. The van der Waals surface area contributed by atoms with Gasteiger partial charge in [0, 0.05) is 101 Å². The zero-order valence-corrected chi connectivity index (χ0v) is 85.1. The van der Waals surface area contributed by atoms with Gasteiger partial charge in [0.25, 0.3) is 0 Å². The smallest absolute Gasteiger partial charge is 0.500 e. The van der Waals surface area contributed by atoms with E-state index >= 15 is 0 Å². The van der Waals surface area contributed by atoms with Gasteiger partial charge < -0.3 is 60.4 Å². The average Bonchev–Trinajstić information content (AvgIpc) is 1.48. The Balaban J connectivity index is 0.000000234. The van der Waals surface area contributed by atoms with Crippen LogP contribution in [-0.4, -0.2) is 182 Å². The van der Waals surface area contributed by atoms with E-state index in [1.165, 1.54) is 95.5 Å². The van der Waals surface area contributed by atoms with Gasteiger partial charge in [-0.15, -0.1) is 0 Å². The molecule has 1 unspecified atom stereocenters. The molecule has 2 saturated carbocycles. The van der Waals surface area contributed by atoms with Crippen molar-refractivity contribution in [3.63, 3.8) is 0 Å². The summed E-state index contributed by atoms with van der Waals surface area (Å²) in [7, 11) is 5.29. The number of aryl methyl sites for hydroxylation is 4. The van der Waals surface area contributed by atoms with Crippen LogP contribution in [-0.2, 0) is 51.6 Å². The van der Waals surface area contributed by atoms with Crippen LogP contribution in [0.15, 0.2) is 206 Å². The third-order valence-corrected chi connectivity index (χ3v) is 29.5. The molecule has 1 aliphatic heterocycles. The van der Waals surface area contributed by atoms with E-state index in [-0.39, 0.29) is 88.0 Å². The normalized spacial score (nSPS) is 15.9. The van der Waals surface area contributed by atoms with Crippen molar-refractivity contribution < 1.29 is 57.9 Å². The fourth-order valence-electron chi connectivity index (χ4n) is 15.3. The molecule has 14 aromatic rings. The number of anilines is 3. The molecule has 744 valence electrons. The van der Waals surface area contributed by atoms with E-state index in [0.717, 1.165) is 99.4 Å². The molecule has 8 heterocycles. The first kappa shape index (κ1) is 116. The minimum absolute atomic E-state index is 0. The van der Waals surface area contributed by atoms with Gasteiger partial charge in [0.15, 0.2) is 19.7 Å². The van der Waals surface area contributed by atoms with Crippen molar-refractivity contribution in [1.82, 2.24) is 64.6 Å². The Kier molecular flexibility index (Phi) is 42.8. The molecule has 28 nitrogen and oxygen atoms in total. The monoisotopic (exact) mass is 2140 g/mol. The topological polar surface area (TPSA) is 393 Å². The number of pyridine rings is 3. The van der Waals surface area contributed by atoms with Crippen molar-refractivity contribution in [2.24, 2.45) is 5.73 Å². The highest BCUT2D eigenvalue weighted by Gasteiger charge is 2.53. The number of halogens is 7. The van der Waals surface area contributed by atoms with Crippen LogP contribution in [0.25, 0.3) is 65.9 Å². The van der Waals surface area contributed by atoms with E-state index in [1.54, 1.807) is 80.0 Å². The maximum Gasteiger partial charge on any atom is 0.500 e. The molecule has 3 fully saturated rings. The Morgan fingerprint density at radius 3 is 1.30 bits per heavy atom. The second kappa shape index (κ2) is 51.4. The number of nitrogen functional groups attached to an aromatic ring is 2. The zero-order valence-electron chi connectivity index (χ0n) is 77.2. The summed E-state index contributed by atoms with van der Waals surface area (Å²) in [6.07, 6.45) is 14.5. The van der Waals surface area contributed by atoms with Gasteiger partial charge in [-0.25, -0.2) is 66.7 Å². The number of rotatable bonds is 17. The number of nitrogens with one attached hydrogen (secondary N) is 1. The minimum Gasteiger partial charge on any atom is -0.768 e. The van der Waals surface area contributed by atoms with Gasteiger partial charge in [-0.3, -0.25) is 4.21 Å². The quantitative estimate of drug-likeness (QED) is 0.0374. The highest BCUT2D eigenvalue weighted by molar-refractivity contribution is 9.10. The number of nitrogens with two attached hydrogens (primary N) is 3. The van der Waals surface area contributed by atoms with Crippen LogP contribution in [0, 0.1) is 39.9 Å². The lowest BCUT2D eigenvalue weighted by Gasteiger charge is -2.32. The summed E-state index contributed by atoms with van der Waals surface area (Å²) in [5, 5.41) is 7.57. The lowest BCUT2D eigenvalue weighted by atomic mass is 9.79. The maximum absolute atomic E-state index is 13.4. The summed E-state index contributed by atoms with van der Waals surface area (Å²) in [4.78, 5) is 50.2. The number of aromatic nitrogens is 11. The highest BCUT2D eigenvalue weighted by Crippen LogP contribution is 2.40. The molecule has 0 bridgehead atoms. The first-order chi connectivity index (χ1) is 63.9. The van der Waals surface area contributed by atoms with E-state index in [9.17, 15) is 34.4 Å². The van der Waals surface area contributed by atoms with E-state index in [0.29, 0.717) is 81.0 Å². The van der Waals surface area contributed by atoms with Crippen LogP contribution in [0.1, 0.15) is 142 Å². The van der Waals surface area contributed by atoms with Crippen LogP contribution in [0.2, 0.25) is 15.1 Å². The number of nitrogens with zero attached hydrogens (tertiary/aromatic N) is 13. The molecule has 0 amide bonds. The van der Waals surface area contributed by atoms with Crippen molar-refractivity contribution in [2.75, 3.05) is 66.3 Å². The van der Waals surface area contributed by atoms with Crippen molar-refractivity contribution in [1.29, 1.82) is 0 Å². The van der Waals surface area contributed by atoms with E-state index < -0.39 is 50.0 Å². The van der Waals surface area contributed by atoms with E-state index in [1.807, 2.05) is 122 Å². The largest absolute Gasteiger partial charge is 0.768 e. The second-order valence-electron chi connectivity index (χ2n) is 33.8. The molecule has 2 aliphatic carbocycles. The minimum atomic E-state index is -3.69. The molecule has 0 spiro atoms. The number of ether oxygens (including phenoxy) is 3. The molecule has 7 N–H and O–H groups in total. The highest BCUT2D eigenvalue weighted by atomic mass is 79.9. The lowest BCUT2D eigenvalue weighted by molar-refractivity contribution is 0.00578. The first-order valence-electron chi connectivity index (χ1n) is 42.8. The molecule has 17 rings (SSSR count). The van der Waals surface area contributed by atoms with Gasteiger partial charge in [-0.05, 0) is 295 Å². The van der Waals surface area contributed by atoms with Crippen molar-refractivity contribution >= 4 is 171 Å². The van der Waals surface area contributed by atoms with Crippen LogP contribution in [0.3, 0.4) is 0 Å². The fourth-order valence-corrected chi connectivity index (χ4v) is 20.9. The van der Waals surface area contributed by atoms with Crippen LogP contribution >= 0.6 is 66.7 Å². The van der Waals surface area contributed by atoms with Gasteiger partial charge in [-0.1, -0.05) is 139 Å². The fraction of sp³-hybridized carbons (Fsp3) is 0.350. The Morgan fingerprint density at radius 1 is 0.496 bits per heavy atom. The lowest BCUT2D eigenvalue weighted by Crippen LogP contribution is -2.41. The van der Waals surface area contributed by atoms with Crippen molar-refractivity contribution in [3.8, 4) is 39.9 Å². The van der Waals surface area contributed by atoms with Gasteiger partial charge >= 0.3 is 19.3 Å². The average molecular weight is 2150 g/mol. The summed E-state index contributed by atoms with van der Waals surface area (Å²) in [5.41, 5.74) is 27.4. The SMILES string of the molecule is C.C.C.C.CN(C)C1CCC(N)CC1.COc1nc(CS(=O)(=O)c2ccccc2Cl)ccc1-c1cc(C)c2nc(F)ncc2c1.COc1nc(CS(=O)(=O)c2ccccc2Cl)ccc1-c1cc(C)c2nc(NC3CCC(N(C)C)CC3)ncc2c1.COc1nc(N)ccc1B1OC(C)(C)C(C)(C)O1.Cc1cc(Br)cc2cnc(F)nc12.Cc1cc(Br)cc2cnc(N)nc12.O=S([O-])c1ccccc1Cl. The van der Waals surface area contributed by atoms with Crippen LogP contribution in [0.4, 0.5) is 26.5 Å².